The van der Waals surface area contributed by atoms with E-state index in [1.165, 1.54) is 17.3 Å². The largest absolute Gasteiger partial charge is 0.288 e. The van der Waals surface area contributed by atoms with Crippen LogP contribution in [0, 0.1) is 5.92 Å². The first-order chi connectivity index (χ1) is 6.61. The minimum atomic E-state index is 0.188. The van der Waals surface area contributed by atoms with E-state index in [1.807, 2.05) is 18.2 Å². The van der Waals surface area contributed by atoms with E-state index in [0.717, 1.165) is 0 Å². The Bertz CT molecular complexity index is 292. The average Bonchev–Trinajstić information content (AvgIpc) is 2.15. The molecule has 1 aromatic carbocycles. The zero-order valence-corrected chi connectivity index (χ0v) is 9.67. The average molecular weight is 208 g/mol. The van der Waals surface area contributed by atoms with E-state index in [2.05, 4.69) is 26.0 Å². The summed E-state index contributed by atoms with van der Waals surface area (Å²) in [6, 6.07) is 10.2. The van der Waals surface area contributed by atoms with E-state index < -0.39 is 0 Å². The maximum absolute atomic E-state index is 11.1. The monoisotopic (exact) mass is 208 g/mol. The molecule has 0 aliphatic rings. The smallest absolute Gasteiger partial charge is 0.186 e. The van der Waals surface area contributed by atoms with Crippen molar-refractivity contribution in [2.45, 2.75) is 26.0 Å². The van der Waals surface area contributed by atoms with Crippen LogP contribution >= 0.6 is 11.8 Å². The van der Waals surface area contributed by atoms with Gasteiger partial charge in [-0.25, -0.2) is 0 Å². The highest BCUT2D eigenvalue weighted by molar-refractivity contribution is 8.13. The lowest BCUT2D eigenvalue weighted by atomic mass is 10.0. The molecule has 0 N–H and O–H groups in total. The molecule has 0 amide bonds. The molecule has 1 atom stereocenters. The van der Waals surface area contributed by atoms with Crippen molar-refractivity contribution in [1.82, 2.24) is 0 Å². The van der Waals surface area contributed by atoms with E-state index >= 15 is 0 Å². The van der Waals surface area contributed by atoms with E-state index in [4.69, 9.17) is 0 Å². The fraction of sp³-hybridized carbons (Fsp3) is 0.417. The van der Waals surface area contributed by atoms with Crippen molar-refractivity contribution < 1.29 is 4.79 Å². The molecule has 1 nitrogen and oxygen atoms in total. The van der Waals surface area contributed by atoms with Crippen LogP contribution in [0.15, 0.2) is 30.3 Å². The molecule has 0 aliphatic carbocycles. The minimum Gasteiger partial charge on any atom is -0.288 e. The second-order valence-corrected chi connectivity index (χ2v) is 5.00. The molecule has 0 spiro atoms. The van der Waals surface area contributed by atoms with Gasteiger partial charge < -0.3 is 0 Å². The maximum atomic E-state index is 11.1. The number of carbonyl (C=O) groups is 1. The fourth-order valence-electron chi connectivity index (χ4n) is 1.41. The Labute approximate surface area is 89.9 Å². The highest BCUT2D eigenvalue weighted by atomic mass is 32.2. The van der Waals surface area contributed by atoms with Gasteiger partial charge >= 0.3 is 0 Å². The topological polar surface area (TPSA) is 17.1 Å². The van der Waals surface area contributed by atoms with Crippen molar-refractivity contribution in [2.75, 3.05) is 0 Å². The molecule has 0 bridgehead atoms. The molecule has 1 aromatic rings. The van der Waals surface area contributed by atoms with Gasteiger partial charge in [-0.1, -0.05) is 55.9 Å². The van der Waals surface area contributed by atoms with Gasteiger partial charge in [0.2, 0.25) is 0 Å². The Hall–Kier alpha value is -0.760. The standard InChI is InChI=1S/C12H16OS/c1-9(2)12(14-10(3)13)11-7-5-4-6-8-11/h4-9,12H,1-3H3. The van der Waals surface area contributed by atoms with Crippen molar-refractivity contribution in [2.24, 2.45) is 5.92 Å². The normalized spacial score (nSPS) is 12.9. The summed E-state index contributed by atoms with van der Waals surface area (Å²) in [5.74, 6) is 0.478. The zero-order chi connectivity index (χ0) is 10.6. The predicted octanol–water partition coefficient (Wildman–Crippen LogP) is 3.66. The van der Waals surface area contributed by atoms with Crippen LogP contribution in [0.1, 0.15) is 31.6 Å². The van der Waals surface area contributed by atoms with Gasteiger partial charge in [-0.15, -0.1) is 0 Å². The van der Waals surface area contributed by atoms with Gasteiger partial charge in [-0.2, -0.15) is 0 Å². The third kappa shape index (κ3) is 3.18. The van der Waals surface area contributed by atoms with E-state index in [9.17, 15) is 4.79 Å². The molecule has 0 aromatic heterocycles. The molecule has 2 heteroatoms. The molecule has 14 heavy (non-hydrogen) atoms. The van der Waals surface area contributed by atoms with Crippen LogP contribution in [0.2, 0.25) is 0 Å². The first-order valence-corrected chi connectivity index (χ1v) is 5.71. The Balaban J connectivity index is 2.83. The van der Waals surface area contributed by atoms with Crippen LogP contribution < -0.4 is 0 Å². The summed E-state index contributed by atoms with van der Waals surface area (Å²) in [7, 11) is 0. The second kappa shape index (κ2) is 5.20. The number of hydrogen-bond acceptors (Lipinski definition) is 2. The van der Waals surface area contributed by atoms with Crippen LogP contribution in [0.4, 0.5) is 0 Å². The molecule has 76 valence electrons. The number of benzene rings is 1. The Kier molecular flexibility index (Phi) is 4.21. The van der Waals surface area contributed by atoms with Crippen LogP contribution in [0.25, 0.3) is 0 Å². The first kappa shape index (κ1) is 11.3. The minimum absolute atomic E-state index is 0.188. The van der Waals surface area contributed by atoms with Crippen LogP contribution in [-0.4, -0.2) is 5.12 Å². The number of carbonyl (C=O) groups excluding carboxylic acids is 1. The van der Waals surface area contributed by atoms with Crippen molar-refractivity contribution in [3.05, 3.63) is 35.9 Å². The molecule has 0 aliphatic heterocycles. The number of rotatable bonds is 3. The summed E-state index contributed by atoms with van der Waals surface area (Å²) in [5, 5.41) is 0.473. The lowest BCUT2D eigenvalue weighted by Crippen LogP contribution is -2.04. The molecular formula is C12H16OS. The first-order valence-electron chi connectivity index (χ1n) is 4.83. The van der Waals surface area contributed by atoms with Gasteiger partial charge in [-0.3, -0.25) is 4.79 Å². The molecule has 0 heterocycles. The van der Waals surface area contributed by atoms with E-state index in [0.29, 0.717) is 5.92 Å². The zero-order valence-electron chi connectivity index (χ0n) is 8.86. The Morgan fingerprint density at radius 1 is 1.21 bits per heavy atom. The summed E-state index contributed by atoms with van der Waals surface area (Å²) in [6.45, 7) is 5.92. The predicted molar refractivity (Wildman–Crippen MR) is 62.3 cm³/mol. The molecular weight excluding hydrogens is 192 g/mol. The van der Waals surface area contributed by atoms with Crippen LogP contribution in [-0.2, 0) is 4.79 Å². The molecule has 0 saturated carbocycles. The van der Waals surface area contributed by atoms with Crippen molar-refractivity contribution in [1.29, 1.82) is 0 Å². The van der Waals surface area contributed by atoms with Gasteiger partial charge in [0.15, 0.2) is 5.12 Å². The fourth-order valence-corrected chi connectivity index (χ4v) is 2.33. The summed E-state index contributed by atoms with van der Waals surface area (Å²) in [6.07, 6.45) is 0. The number of hydrogen-bond donors (Lipinski definition) is 0. The third-order valence-corrected chi connectivity index (χ3v) is 3.43. The van der Waals surface area contributed by atoms with Crippen molar-refractivity contribution >= 4 is 16.9 Å². The summed E-state index contributed by atoms with van der Waals surface area (Å²) >= 11 is 1.42. The van der Waals surface area contributed by atoms with E-state index in [1.54, 1.807) is 6.92 Å². The van der Waals surface area contributed by atoms with Gasteiger partial charge in [0.05, 0.1) is 0 Å². The SMILES string of the molecule is CC(=O)SC(c1ccccc1)C(C)C. The lowest BCUT2D eigenvalue weighted by molar-refractivity contribution is -0.109. The highest BCUT2D eigenvalue weighted by Gasteiger charge is 2.17. The van der Waals surface area contributed by atoms with Crippen LogP contribution in [0.3, 0.4) is 0 Å². The van der Waals surface area contributed by atoms with Gasteiger partial charge in [-0.05, 0) is 11.5 Å². The molecule has 1 unspecified atom stereocenters. The third-order valence-electron chi connectivity index (χ3n) is 2.03. The van der Waals surface area contributed by atoms with Gasteiger partial charge in [0.1, 0.15) is 0 Å². The lowest BCUT2D eigenvalue weighted by Gasteiger charge is -2.18. The Morgan fingerprint density at radius 2 is 1.79 bits per heavy atom. The maximum Gasteiger partial charge on any atom is 0.186 e. The summed E-state index contributed by atoms with van der Waals surface area (Å²) in [5.41, 5.74) is 1.24. The van der Waals surface area contributed by atoms with E-state index in [-0.39, 0.29) is 10.4 Å². The molecule has 0 saturated heterocycles. The van der Waals surface area contributed by atoms with Crippen LogP contribution in [0.5, 0.6) is 0 Å². The quantitative estimate of drug-likeness (QED) is 0.754. The molecule has 0 radical (unpaired) electrons. The van der Waals surface area contributed by atoms with Crippen molar-refractivity contribution in [3.8, 4) is 0 Å². The summed E-state index contributed by atoms with van der Waals surface area (Å²) in [4.78, 5) is 11.1. The van der Waals surface area contributed by atoms with Gasteiger partial charge in [0.25, 0.3) is 0 Å². The Morgan fingerprint density at radius 3 is 2.21 bits per heavy atom. The number of thioether (sulfide) groups is 1. The second-order valence-electron chi connectivity index (χ2n) is 3.68. The highest BCUT2D eigenvalue weighted by Crippen LogP contribution is 2.35. The summed E-state index contributed by atoms with van der Waals surface area (Å²) < 4.78 is 0. The molecule has 1 rings (SSSR count). The molecule has 0 fully saturated rings. The van der Waals surface area contributed by atoms with Crippen molar-refractivity contribution in [3.63, 3.8) is 0 Å². The van der Waals surface area contributed by atoms with Gasteiger partial charge in [0, 0.05) is 12.2 Å².